The molecular formula is C22H19BrN2O5S2. The van der Waals surface area contributed by atoms with Crippen LogP contribution in [0.1, 0.15) is 18.9 Å². The number of hydrogen-bond acceptors (Lipinski definition) is 6. The molecular weight excluding hydrogens is 516 g/mol. The topological polar surface area (TPSA) is 98.5 Å². The lowest BCUT2D eigenvalue weighted by Crippen LogP contribution is -2.26. The molecule has 10 heteroatoms. The van der Waals surface area contributed by atoms with Crippen molar-refractivity contribution in [3.8, 4) is 16.3 Å². The standard InChI is InChI=1S/C22H19BrN2O5S2/c1-3-19(22(26)27)30-20-7-5-15(10-13(20)2)32(28,29)25-12-17(21-24-8-9-31-21)16-11-14(23)4-6-18(16)25/h4-12,19H,3H2,1-2H3,(H,26,27). The highest BCUT2D eigenvalue weighted by atomic mass is 79.9. The van der Waals surface area contributed by atoms with E-state index >= 15 is 0 Å². The molecule has 0 aliphatic carbocycles. The molecule has 0 saturated carbocycles. The van der Waals surface area contributed by atoms with E-state index in [1.54, 1.807) is 38.4 Å². The van der Waals surface area contributed by atoms with Crippen molar-refractivity contribution in [1.82, 2.24) is 8.96 Å². The van der Waals surface area contributed by atoms with Gasteiger partial charge in [-0.25, -0.2) is 22.2 Å². The van der Waals surface area contributed by atoms with Crippen LogP contribution in [0.15, 0.2) is 63.5 Å². The number of carboxylic acid groups (broad SMARTS) is 1. The van der Waals surface area contributed by atoms with Crippen molar-refractivity contribution in [2.24, 2.45) is 0 Å². The number of ether oxygens (including phenoxy) is 1. The van der Waals surface area contributed by atoms with Crippen LogP contribution >= 0.6 is 27.3 Å². The number of nitrogens with zero attached hydrogens (tertiary/aromatic N) is 2. The molecule has 2 heterocycles. The summed E-state index contributed by atoms with van der Waals surface area (Å²) in [7, 11) is -3.93. The highest BCUT2D eigenvalue weighted by Crippen LogP contribution is 2.36. The predicted octanol–water partition coefficient (Wildman–Crippen LogP) is 5.31. The van der Waals surface area contributed by atoms with Gasteiger partial charge in [0.2, 0.25) is 0 Å². The quantitative estimate of drug-likeness (QED) is 0.344. The second-order valence-electron chi connectivity index (χ2n) is 7.12. The summed E-state index contributed by atoms with van der Waals surface area (Å²) < 4.78 is 34.8. The van der Waals surface area contributed by atoms with Gasteiger partial charge in [-0.05, 0) is 55.3 Å². The molecule has 4 rings (SSSR count). The van der Waals surface area contributed by atoms with E-state index in [9.17, 15) is 18.3 Å². The Balaban J connectivity index is 1.81. The molecule has 0 aliphatic heterocycles. The Hall–Kier alpha value is -2.69. The molecule has 4 aromatic rings. The first-order valence-electron chi connectivity index (χ1n) is 9.68. The molecule has 0 radical (unpaired) electrons. The summed E-state index contributed by atoms with van der Waals surface area (Å²) in [4.78, 5) is 15.7. The summed E-state index contributed by atoms with van der Waals surface area (Å²) in [6.45, 7) is 3.40. The van der Waals surface area contributed by atoms with Gasteiger partial charge in [0.05, 0.1) is 10.4 Å². The first kappa shape index (κ1) is 22.5. The molecule has 0 bridgehead atoms. The highest BCUT2D eigenvalue weighted by Gasteiger charge is 2.24. The maximum Gasteiger partial charge on any atom is 0.344 e. The van der Waals surface area contributed by atoms with Crippen LogP contribution in [0.5, 0.6) is 5.75 Å². The second-order valence-corrected chi connectivity index (χ2v) is 10.7. The van der Waals surface area contributed by atoms with Crippen molar-refractivity contribution >= 4 is 54.2 Å². The maximum atomic E-state index is 13.6. The fraction of sp³-hybridized carbons (Fsp3) is 0.182. The fourth-order valence-electron chi connectivity index (χ4n) is 3.39. The molecule has 166 valence electrons. The molecule has 1 unspecified atom stereocenters. The van der Waals surface area contributed by atoms with Crippen LogP contribution < -0.4 is 4.74 Å². The van der Waals surface area contributed by atoms with E-state index in [1.165, 1.54) is 33.5 Å². The molecule has 2 aromatic carbocycles. The van der Waals surface area contributed by atoms with E-state index in [4.69, 9.17) is 4.74 Å². The molecule has 1 N–H and O–H groups in total. The van der Waals surface area contributed by atoms with Crippen LogP contribution in [0, 0.1) is 6.92 Å². The van der Waals surface area contributed by atoms with Crippen molar-refractivity contribution in [2.45, 2.75) is 31.3 Å². The van der Waals surface area contributed by atoms with Crippen LogP contribution in [-0.4, -0.2) is 34.6 Å². The minimum absolute atomic E-state index is 0.0798. The van der Waals surface area contributed by atoms with Crippen LogP contribution in [0.4, 0.5) is 0 Å². The van der Waals surface area contributed by atoms with E-state index < -0.39 is 22.1 Å². The average Bonchev–Trinajstić information content (AvgIpc) is 3.40. The summed E-state index contributed by atoms with van der Waals surface area (Å²) in [6, 6.07) is 9.83. The molecule has 0 fully saturated rings. The zero-order chi connectivity index (χ0) is 23.0. The van der Waals surface area contributed by atoms with E-state index in [2.05, 4.69) is 20.9 Å². The normalized spacial score (nSPS) is 12.7. The van der Waals surface area contributed by atoms with Gasteiger partial charge in [0.25, 0.3) is 10.0 Å². The molecule has 0 saturated heterocycles. The second kappa shape index (κ2) is 8.68. The lowest BCUT2D eigenvalue weighted by molar-refractivity contribution is -0.145. The first-order chi connectivity index (χ1) is 15.2. The summed E-state index contributed by atoms with van der Waals surface area (Å²) in [5.41, 5.74) is 1.79. The van der Waals surface area contributed by atoms with E-state index in [0.717, 1.165) is 20.4 Å². The van der Waals surface area contributed by atoms with Crippen molar-refractivity contribution in [2.75, 3.05) is 0 Å². The average molecular weight is 535 g/mol. The zero-order valence-electron chi connectivity index (χ0n) is 17.1. The third-order valence-corrected chi connectivity index (χ3v) is 7.98. The molecule has 0 spiro atoms. The van der Waals surface area contributed by atoms with Gasteiger partial charge in [0, 0.05) is 33.2 Å². The number of fused-ring (bicyclic) bond motifs is 1. The summed E-state index contributed by atoms with van der Waals surface area (Å²) in [5, 5.41) is 12.6. The number of rotatable bonds is 7. The number of carboxylic acids is 1. The van der Waals surface area contributed by atoms with Crippen LogP contribution in [0.3, 0.4) is 0 Å². The number of aliphatic carboxylic acids is 1. The Morgan fingerprint density at radius 3 is 2.69 bits per heavy atom. The third kappa shape index (κ3) is 4.05. The Bertz CT molecular complexity index is 1410. The van der Waals surface area contributed by atoms with Crippen LogP contribution in [0.25, 0.3) is 21.5 Å². The minimum atomic E-state index is -3.93. The lowest BCUT2D eigenvalue weighted by atomic mass is 10.2. The van der Waals surface area contributed by atoms with Crippen molar-refractivity contribution < 1.29 is 23.1 Å². The zero-order valence-corrected chi connectivity index (χ0v) is 20.4. The predicted molar refractivity (Wildman–Crippen MR) is 127 cm³/mol. The summed E-state index contributed by atoms with van der Waals surface area (Å²) in [5.74, 6) is -0.730. The molecule has 7 nitrogen and oxygen atoms in total. The number of aromatic nitrogens is 2. The summed E-state index contributed by atoms with van der Waals surface area (Å²) >= 11 is 4.89. The van der Waals surface area contributed by atoms with Gasteiger partial charge in [0.1, 0.15) is 10.8 Å². The number of aryl methyl sites for hydroxylation is 1. The number of benzene rings is 2. The Labute approximate surface area is 197 Å². The number of thiazole rings is 1. The van der Waals surface area contributed by atoms with Crippen LogP contribution in [0.2, 0.25) is 0 Å². The Morgan fingerprint density at radius 1 is 1.28 bits per heavy atom. The van der Waals surface area contributed by atoms with Crippen LogP contribution in [-0.2, 0) is 14.8 Å². The van der Waals surface area contributed by atoms with Gasteiger partial charge in [-0.15, -0.1) is 11.3 Å². The van der Waals surface area contributed by atoms with Gasteiger partial charge < -0.3 is 9.84 Å². The van der Waals surface area contributed by atoms with Crippen molar-refractivity contribution in [3.05, 3.63) is 64.2 Å². The van der Waals surface area contributed by atoms with Gasteiger partial charge >= 0.3 is 5.97 Å². The van der Waals surface area contributed by atoms with Gasteiger partial charge in [0.15, 0.2) is 6.10 Å². The smallest absolute Gasteiger partial charge is 0.344 e. The Kier molecular flexibility index (Phi) is 6.11. The number of halogens is 1. The maximum absolute atomic E-state index is 13.6. The molecule has 0 aliphatic rings. The highest BCUT2D eigenvalue weighted by molar-refractivity contribution is 9.10. The van der Waals surface area contributed by atoms with E-state index in [-0.39, 0.29) is 4.90 Å². The van der Waals surface area contributed by atoms with E-state index in [0.29, 0.717) is 23.3 Å². The fourth-order valence-corrected chi connectivity index (χ4v) is 5.87. The minimum Gasteiger partial charge on any atom is -0.479 e. The summed E-state index contributed by atoms with van der Waals surface area (Å²) in [6.07, 6.45) is 2.56. The SMILES string of the molecule is CCC(Oc1ccc(S(=O)(=O)n2cc(-c3nccs3)c3cc(Br)ccc32)cc1C)C(=O)O. The van der Waals surface area contributed by atoms with Crippen molar-refractivity contribution in [3.63, 3.8) is 0 Å². The van der Waals surface area contributed by atoms with E-state index in [1.807, 2.05) is 11.4 Å². The molecule has 1 atom stereocenters. The van der Waals surface area contributed by atoms with Crippen molar-refractivity contribution in [1.29, 1.82) is 0 Å². The largest absolute Gasteiger partial charge is 0.479 e. The monoisotopic (exact) mass is 534 g/mol. The third-order valence-electron chi connectivity index (χ3n) is 5.01. The lowest BCUT2D eigenvalue weighted by Gasteiger charge is -2.16. The molecule has 2 aromatic heterocycles. The Morgan fingerprint density at radius 2 is 2.06 bits per heavy atom. The van der Waals surface area contributed by atoms with Gasteiger partial charge in [-0.2, -0.15) is 0 Å². The first-order valence-corrected chi connectivity index (χ1v) is 12.8. The molecule has 0 amide bonds. The molecule has 32 heavy (non-hydrogen) atoms. The number of hydrogen-bond donors (Lipinski definition) is 1. The van der Waals surface area contributed by atoms with Gasteiger partial charge in [-0.1, -0.05) is 22.9 Å². The van der Waals surface area contributed by atoms with Gasteiger partial charge in [-0.3, -0.25) is 0 Å². The number of carbonyl (C=O) groups is 1.